The van der Waals surface area contributed by atoms with Gasteiger partial charge in [-0.3, -0.25) is 0 Å². The number of hydrogen-bond acceptors (Lipinski definition) is 6. The third-order valence-corrected chi connectivity index (χ3v) is 3.68. The van der Waals surface area contributed by atoms with E-state index in [4.69, 9.17) is 20.8 Å². The van der Waals surface area contributed by atoms with Crippen molar-refractivity contribution in [2.75, 3.05) is 0 Å². The Hall–Kier alpha value is -3.19. The summed E-state index contributed by atoms with van der Waals surface area (Å²) in [6.45, 7) is 0.281. The Bertz CT molecular complexity index is 984. The second-order valence-electron chi connectivity index (χ2n) is 5.19. The van der Waals surface area contributed by atoms with Gasteiger partial charge in [-0.25, -0.2) is 9.67 Å². The number of halogens is 1. The van der Waals surface area contributed by atoms with Crippen LogP contribution in [0, 0.1) is 0 Å². The van der Waals surface area contributed by atoms with E-state index in [9.17, 15) is 0 Å². The summed E-state index contributed by atoms with van der Waals surface area (Å²) in [5.74, 6) is 1.18. The van der Waals surface area contributed by atoms with Crippen molar-refractivity contribution in [1.29, 1.82) is 0 Å². The van der Waals surface area contributed by atoms with Crippen molar-refractivity contribution in [2.24, 2.45) is 0 Å². The molecule has 0 fully saturated rings. The molecule has 0 spiro atoms. The lowest BCUT2D eigenvalue weighted by molar-refractivity contribution is 0.301. The monoisotopic (exact) mass is 353 g/mol. The number of oxazole rings is 1. The lowest BCUT2D eigenvalue weighted by Gasteiger charge is -2.05. The lowest BCUT2D eigenvalue weighted by Crippen LogP contribution is -1.98. The summed E-state index contributed by atoms with van der Waals surface area (Å²) in [6.07, 6.45) is 3.09. The summed E-state index contributed by atoms with van der Waals surface area (Å²) in [5, 5.41) is 11.7. The molecule has 0 amide bonds. The van der Waals surface area contributed by atoms with Gasteiger partial charge in [0.2, 0.25) is 5.89 Å². The lowest BCUT2D eigenvalue weighted by atomic mass is 10.2. The predicted molar refractivity (Wildman–Crippen MR) is 90.4 cm³/mol. The van der Waals surface area contributed by atoms with Crippen LogP contribution in [0.4, 0.5) is 0 Å². The van der Waals surface area contributed by atoms with Crippen LogP contribution in [0.25, 0.3) is 17.1 Å². The number of benzene rings is 2. The Balaban J connectivity index is 1.46. The quantitative estimate of drug-likeness (QED) is 0.546. The van der Waals surface area contributed by atoms with E-state index in [2.05, 4.69) is 20.5 Å². The molecule has 4 rings (SSSR count). The van der Waals surface area contributed by atoms with E-state index in [0.29, 0.717) is 22.4 Å². The first-order chi connectivity index (χ1) is 12.3. The van der Waals surface area contributed by atoms with Gasteiger partial charge in [0.15, 0.2) is 0 Å². The van der Waals surface area contributed by atoms with E-state index in [1.165, 1.54) is 6.33 Å². The molecule has 0 radical (unpaired) electrons. The van der Waals surface area contributed by atoms with E-state index in [-0.39, 0.29) is 6.61 Å². The van der Waals surface area contributed by atoms with Crippen molar-refractivity contribution in [3.8, 4) is 22.9 Å². The molecule has 2 heterocycles. The maximum Gasteiger partial charge on any atom is 0.226 e. The molecule has 2 aromatic carbocycles. The highest BCUT2D eigenvalue weighted by atomic mass is 35.5. The van der Waals surface area contributed by atoms with Crippen LogP contribution in [0.3, 0.4) is 0 Å². The number of ether oxygens (including phenoxy) is 1. The van der Waals surface area contributed by atoms with Gasteiger partial charge in [0, 0.05) is 16.7 Å². The molecule has 0 aliphatic carbocycles. The molecule has 4 aromatic rings. The normalized spacial score (nSPS) is 10.8. The van der Waals surface area contributed by atoms with E-state index >= 15 is 0 Å². The Labute approximate surface area is 147 Å². The average Bonchev–Trinajstić information content (AvgIpc) is 3.32. The Kier molecular flexibility index (Phi) is 4.14. The fourth-order valence-electron chi connectivity index (χ4n) is 2.28. The molecule has 7 nitrogen and oxygen atoms in total. The van der Waals surface area contributed by atoms with Crippen molar-refractivity contribution in [1.82, 2.24) is 25.2 Å². The van der Waals surface area contributed by atoms with Crippen molar-refractivity contribution in [3.63, 3.8) is 0 Å². The zero-order valence-corrected chi connectivity index (χ0v) is 13.7. The van der Waals surface area contributed by atoms with Crippen LogP contribution >= 0.6 is 11.6 Å². The number of hydrogen-bond donors (Lipinski definition) is 0. The summed E-state index contributed by atoms with van der Waals surface area (Å²) in [5.41, 5.74) is 2.31. The van der Waals surface area contributed by atoms with Crippen molar-refractivity contribution in [2.45, 2.75) is 6.61 Å². The van der Waals surface area contributed by atoms with Crippen LogP contribution in [0.15, 0.2) is 65.5 Å². The standard InChI is InChI=1S/C17H12ClN5O2/c18-13-4-1-3-12(7-13)17-20-14(10-25-17)9-24-16-6-2-5-15(8-16)23-11-19-21-22-23/h1-8,10-11H,9H2. The summed E-state index contributed by atoms with van der Waals surface area (Å²) >= 11 is 5.99. The molecule has 0 atom stereocenters. The third-order valence-electron chi connectivity index (χ3n) is 3.44. The number of rotatable bonds is 5. The molecule has 25 heavy (non-hydrogen) atoms. The highest BCUT2D eigenvalue weighted by Crippen LogP contribution is 2.23. The van der Waals surface area contributed by atoms with Crippen LogP contribution in [0.5, 0.6) is 5.75 Å². The topological polar surface area (TPSA) is 78.9 Å². The number of tetrazole rings is 1. The summed E-state index contributed by atoms with van der Waals surface area (Å²) < 4.78 is 12.8. The van der Waals surface area contributed by atoms with Crippen LogP contribution in [-0.4, -0.2) is 25.2 Å². The zero-order valence-electron chi connectivity index (χ0n) is 12.9. The van der Waals surface area contributed by atoms with Crippen LogP contribution in [-0.2, 0) is 6.61 Å². The second-order valence-corrected chi connectivity index (χ2v) is 5.63. The maximum absolute atomic E-state index is 5.99. The van der Waals surface area contributed by atoms with Crippen molar-refractivity contribution < 1.29 is 9.15 Å². The molecule has 2 aromatic heterocycles. The molecular formula is C17H12ClN5O2. The molecular weight excluding hydrogens is 342 g/mol. The number of aromatic nitrogens is 5. The first-order valence-corrected chi connectivity index (χ1v) is 7.82. The summed E-state index contributed by atoms with van der Waals surface area (Å²) in [7, 11) is 0. The van der Waals surface area contributed by atoms with Crippen LogP contribution < -0.4 is 4.74 Å². The first-order valence-electron chi connectivity index (χ1n) is 7.44. The molecule has 0 aliphatic rings. The van der Waals surface area contributed by atoms with E-state index in [0.717, 1.165) is 11.3 Å². The van der Waals surface area contributed by atoms with Gasteiger partial charge < -0.3 is 9.15 Å². The Morgan fingerprint density at radius 2 is 2.04 bits per heavy atom. The Morgan fingerprint density at radius 3 is 2.88 bits per heavy atom. The predicted octanol–water partition coefficient (Wildman–Crippen LogP) is 3.55. The minimum absolute atomic E-state index is 0.281. The molecule has 0 N–H and O–H groups in total. The summed E-state index contributed by atoms with van der Waals surface area (Å²) in [4.78, 5) is 4.42. The molecule has 0 saturated carbocycles. The molecule has 0 bridgehead atoms. The molecule has 0 unspecified atom stereocenters. The van der Waals surface area contributed by atoms with Gasteiger partial charge in [-0.1, -0.05) is 23.7 Å². The highest BCUT2D eigenvalue weighted by molar-refractivity contribution is 6.30. The fraction of sp³-hybridized carbons (Fsp3) is 0.0588. The average molecular weight is 354 g/mol. The molecule has 124 valence electrons. The maximum atomic E-state index is 5.99. The zero-order chi connectivity index (χ0) is 17.1. The Morgan fingerprint density at radius 1 is 1.12 bits per heavy atom. The molecule has 0 saturated heterocycles. The summed E-state index contributed by atoms with van der Waals surface area (Å²) in [6, 6.07) is 14.8. The number of nitrogens with zero attached hydrogens (tertiary/aromatic N) is 5. The molecule has 8 heteroatoms. The van der Waals surface area contributed by atoms with Gasteiger partial charge in [0.05, 0.1) is 5.69 Å². The van der Waals surface area contributed by atoms with E-state index in [1.807, 2.05) is 36.4 Å². The van der Waals surface area contributed by atoms with Gasteiger partial charge in [0.25, 0.3) is 0 Å². The van der Waals surface area contributed by atoms with Crippen molar-refractivity contribution >= 4 is 11.6 Å². The fourth-order valence-corrected chi connectivity index (χ4v) is 2.47. The van der Waals surface area contributed by atoms with Gasteiger partial charge in [0.1, 0.15) is 30.6 Å². The SMILES string of the molecule is Clc1cccc(-c2nc(COc3cccc(-n4cnnn4)c3)co2)c1. The van der Waals surface area contributed by atoms with Gasteiger partial charge >= 0.3 is 0 Å². The van der Waals surface area contributed by atoms with Gasteiger partial charge in [-0.2, -0.15) is 0 Å². The largest absolute Gasteiger partial charge is 0.487 e. The van der Waals surface area contributed by atoms with Crippen LogP contribution in [0.1, 0.15) is 5.69 Å². The minimum atomic E-state index is 0.281. The van der Waals surface area contributed by atoms with Crippen molar-refractivity contribution in [3.05, 3.63) is 71.8 Å². The smallest absolute Gasteiger partial charge is 0.226 e. The third kappa shape index (κ3) is 3.51. The first kappa shape index (κ1) is 15.3. The van der Waals surface area contributed by atoms with Crippen LogP contribution in [0.2, 0.25) is 5.02 Å². The molecule has 0 aliphatic heterocycles. The van der Waals surface area contributed by atoms with Gasteiger partial charge in [-0.05, 0) is 40.8 Å². The second kappa shape index (κ2) is 6.74. The minimum Gasteiger partial charge on any atom is -0.487 e. The highest BCUT2D eigenvalue weighted by Gasteiger charge is 2.08. The van der Waals surface area contributed by atoms with E-state index in [1.54, 1.807) is 23.1 Å². The van der Waals surface area contributed by atoms with Gasteiger partial charge in [-0.15, -0.1) is 5.10 Å². The van der Waals surface area contributed by atoms with E-state index < -0.39 is 0 Å².